The van der Waals surface area contributed by atoms with Crippen molar-refractivity contribution in [2.45, 2.75) is 31.2 Å². The highest BCUT2D eigenvalue weighted by atomic mass is 35.5. The minimum absolute atomic E-state index is 0.0543. The smallest absolute Gasteiger partial charge is 0.264 e. The van der Waals surface area contributed by atoms with Crippen molar-refractivity contribution in [1.82, 2.24) is 5.32 Å². The number of rotatable bonds is 9. The molecule has 0 spiro atoms. The zero-order chi connectivity index (χ0) is 26.4. The molecule has 1 saturated heterocycles. The molecular formula is C28H32ClN3O4S. The van der Waals surface area contributed by atoms with E-state index in [1.54, 1.807) is 36.4 Å². The van der Waals surface area contributed by atoms with Crippen LogP contribution in [0.2, 0.25) is 5.02 Å². The van der Waals surface area contributed by atoms with Gasteiger partial charge in [0.15, 0.2) is 0 Å². The van der Waals surface area contributed by atoms with E-state index in [9.17, 15) is 13.2 Å². The quantitative estimate of drug-likeness (QED) is 0.408. The van der Waals surface area contributed by atoms with Crippen LogP contribution in [0.5, 0.6) is 5.75 Å². The van der Waals surface area contributed by atoms with Crippen LogP contribution in [0, 0.1) is 5.92 Å². The maximum Gasteiger partial charge on any atom is 0.264 e. The monoisotopic (exact) mass is 541 g/mol. The van der Waals surface area contributed by atoms with Gasteiger partial charge in [-0.25, -0.2) is 8.42 Å². The predicted octanol–water partition coefficient (Wildman–Crippen LogP) is 5.10. The second-order valence-corrected chi connectivity index (χ2v) is 11.6. The summed E-state index contributed by atoms with van der Waals surface area (Å²) in [5, 5.41) is 3.32. The number of amides is 1. The number of halogens is 1. The summed E-state index contributed by atoms with van der Waals surface area (Å²) in [5.41, 5.74) is 2.47. The molecule has 9 heteroatoms. The number of carbonyl (C=O) groups is 1. The third kappa shape index (κ3) is 6.76. The third-order valence-electron chi connectivity index (χ3n) is 6.50. The molecule has 0 saturated carbocycles. The number of benzene rings is 3. The number of anilines is 2. The van der Waals surface area contributed by atoms with Crippen LogP contribution in [0.1, 0.15) is 25.3 Å². The average molecular weight is 542 g/mol. The summed E-state index contributed by atoms with van der Waals surface area (Å²) in [4.78, 5) is 15.4. The van der Waals surface area contributed by atoms with Gasteiger partial charge in [0.2, 0.25) is 5.91 Å². The number of piperidine rings is 1. The van der Waals surface area contributed by atoms with Gasteiger partial charge in [-0.1, -0.05) is 30.7 Å². The van der Waals surface area contributed by atoms with E-state index >= 15 is 0 Å². The van der Waals surface area contributed by atoms with Crippen LogP contribution >= 0.6 is 11.6 Å². The van der Waals surface area contributed by atoms with Crippen LogP contribution in [-0.4, -0.2) is 41.1 Å². The predicted molar refractivity (Wildman–Crippen MR) is 148 cm³/mol. The topological polar surface area (TPSA) is 79.0 Å². The Hall–Kier alpha value is -3.23. The molecule has 1 unspecified atom stereocenters. The van der Waals surface area contributed by atoms with Gasteiger partial charge < -0.3 is 15.0 Å². The van der Waals surface area contributed by atoms with Gasteiger partial charge in [-0.2, -0.15) is 0 Å². The lowest BCUT2D eigenvalue weighted by molar-refractivity contribution is -0.119. The molecule has 196 valence electrons. The fourth-order valence-corrected chi connectivity index (χ4v) is 5.98. The molecule has 1 heterocycles. The summed E-state index contributed by atoms with van der Waals surface area (Å²) in [5.74, 6) is 0.807. The van der Waals surface area contributed by atoms with Gasteiger partial charge in [-0.15, -0.1) is 0 Å². The first-order valence-electron chi connectivity index (χ1n) is 12.3. The molecule has 0 radical (unpaired) electrons. The Labute approximate surface area is 224 Å². The van der Waals surface area contributed by atoms with Crippen molar-refractivity contribution in [3.05, 3.63) is 83.4 Å². The van der Waals surface area contributed by atoms with E-state index in [2.05, 4.69) is 29.3 Å². The molecule has 1 N–H and O–H groups in total. The van der Waals surface area contributed by atoms with Crippen molar-refractivity contribution in [3.8, 4) is 5.75 Å². The minimum Gasteiger partial charge on any atom is -0.497 e. The summed E-state index contributed by atoms with van der Waals surface area (Å²) in [6.07, 6.45) is 2.46. The van der Waals surface area contributed by atoms with Crippen LogP contribution in [0.25, 0.3) is 0 Å². The number of ether oxygens (including phenoxy) is 1. The van der Waals surface area contributed by atoms with Crippen LogP contribution in [0.4, 0.5) is 11.4 Å². The molecule has 1 atom stereocenters. The Bertz CT molecular complexity index is 1300. The Morgan fingerprint density at radius 1 is 1.05 bits per heavy atom. The lowest BCUT2D eigenvalue weighted by Crippen LogP contribution is -2.40. The lowest BCUT2D eigenvalue weighted by Gasteiger charge is -2.32. The van der Waals surface area contributed by atoms with Crippen LogP contribution in [-0.2, 0) is 21.4 Å². The van der Waals surface area contributed by atoms with E-state index in [0.717, 1.165) is 23.0 Å². The molecule has 0 aliphatic carbocycles. The van der Waals surface area contributed by atoms with Crippen molar-refractivity contribution >= 4 is 38.9 Å². The first kappa shape index (κ1) is 26.8. The highest BCUT2D eigenvalue weighted by Crippen LogP contribution is 2.27. The molecule has 4 rings (SSSR count). The minimum atomic E-state index is -4.02. The first-order chi connectivity index (χ1) is 17.8. The molecule has 37 heavy (non-hydrogen) atoms. The average Bonchev–Trinajstić information content (AvgIpc) is 2.91. The van der Waals surface area contributed by atoms with Crippen molar-refractivity contribution in [2.75, 3.05) is 35.9 Å². The van der Waals surface area contributed by atoms with E-state index in [-0.39, 0.29) is 11.4 Å². The Balaban J connectivity index is 1.46. The lowest BCUT2D eigenvalue weighted by atomic mass is 9.99. The summed E-state index contributed by atoms with van der Waals surface area (Å²) < 4.78 is 33.2. The van der Waals surface area contributed by atoms with Gasteiger partial charge in [-0.3, -0.25) is 9.10 Å². The number of methoxy groups -OCH3 is 1. The number of hydrogen-bond donors (Lipinski definition) is 1. The molecule has 3 aromatic carbocycles. The summed E-state index contributed by atoms with van der Waals surface area (Å²) in [7, 11) is -2.51. The number of carbonyl (C=O) groups excluding carboxylic acids is 1. The van der Waals surface area contributed by atoms with Crippen LogP contribution in [0.15, 0.2) is 77.7 Å². The fourth-order valence-electron chi connectivity index (χ4n) is 4.43. The highest BCUT2D eigenvalue weighted by Gasteiger charge is 2.27. The molecule has 0 aromatic heterocycles. The molecule has 3 aromatic rings. The molecule has 0 bridgehead atoms. The van der Waals surface area contributed by atoms with E-state index in [1.165, 1.54) is 37.8 Å². The van der Waals surface area contributed by atoms with Crippen LogP contribution < -0.4 is 19.3 Å². The Morgan fingerprint density at radius 3 is 2.35 bits per heavy atom. The van der Waals surface area contributed by atoms with E-state index in [1.807, 2.05) is 12.1 Å². The third-order valence-corrected chi connectivity index (χ3v) is 8.54. The van der Waals surface area contributed by atoms with Gasteiger partial charge in [0.05, 0.1) is 17.7 Å². The molecule has 1 aliphatic rings. The molecule has 1 amide bonds. The van der Waals surface area contributed by atoms with Gasteiger partial charge in [0.25, 0.3) is 10.0 Å². The van der Waals surface area contributed by atoms with Gasteiger partial charge in [0, 0.05) is 30.3 Å². The zero-order valence-corrected chi connectivity index (χ0v) is 22.6. The summed E-state index contributed by atoms with van der Waals surface area (Å²) >= 11 is 6.01. The molecular weight excluding hydrogens is 510 g/mol. The number of nitrogens with zero attached hydrogens (tertiary/aromatic N) is 2. The normalized spacial score (nSPS) is 15.8. The zero-order valence-electron chi connectivity index (χ0n) is 21.1. The highest BCUT2D eigenvalue weighted by molar-refractivity contribution is 7.92. The largest absolute Gasteiger partial charge is 0.497 e. The molecule has 1 fully saturated rings. The number of sulfonamides is 1. The van der Waals surface area contributed by atoms with Gasteiger partial charge >= 0.3 is 0 Å². The molecule has 1 aliphatic heterocycles. The van der Waals surface area contributed by atoms with Crippen molar-refractivity contribution < 1.29 is 17.9 Å². The number of nitrogens with one attached hydrogen (secondary N) is 1. The van der Waals surface area contributed by atoms with E-state index in [4.69, 9.17) is 16.3 Å². The van der Waals surface area contributed by atoms with Crippen molar-refractivity contribution in [3.63, 3.8) is 0 Å². The van der Waals surface area contributed by atoms with Gasteiger partial charge in [0.1, 0.15) is 12.3 Å². The summed E-state index contributed by atoms with van der Waals surface area (Å²) in [6, 6.07) is 20.6. The summed E-state index contributed by atoms with van der Waals surface area (Å²) in [6.45, 7) is 4.31. The SMILES string of the molecule is COc1ccc(S(=O)(=O)N(CC(=O)NCc2ccc(N3CCCC(C)C3)cc2)c2ccc(Cl)cc2)cc1. The second-order valence-electron chi connectivity index (χ2n) is 9.30. The van der Waals surface area contributed by atoms with Crippen molar-refractivity contribution in [2.24, 2.45) is 5.92 Å². The maximum absolute atomic E-state index is 13.5. The molecule has 7 nitrogen and oxygen atoms in total. The first-order valence-corrected chi connectivity index (χ1v) is 14.1. The van der Waals surface area contributed by atoms with Crippen LogP contribution in [0.3, 0.4) is 0 Å². The van der Waals surface area contributed by atoms with Gasteiger partial charge in [-0.05, 0) is 85.0 Å². The van der Waals surface area contributed by atoms with Crippen molar-refractivity contribution in [1.29, 1.82) is 0 Å². The second kappa shape index (κ2) is 11.9. The van der Waals surface area contributed by atoms with E-state index < -0.39 is 15.9 Å². The number of hydrogen-bond acceptors (Lipinski definition) is 5. The standard InChI is InChI=1S/C28H32ClN3O4S/c1-21-4-3-17-31(19-21)24-9-5-22(6-10-24)18-30-28(33)20-32(25-11-7-23(29)8-12-25)37(34,35)27-15-13-26(36-2)14-16-27/h5-16,21H,3-4,17-20H2,1-2H3,(H,30,33). The Morgan fingerprint density at radius 2 is 1.73 bits per heavy atom. The maximum atomic E-state index is 13.5. The fraction of sp³-hybridized carbons (Fsp3) is 0.321. The van der Waals surface area contributed by atoms with E-state index in [0.29, 0.717) is 28.9 Å². The Kier molecular flexibility index (Phi) is 8.61.